The summed E-state index contributed by atoms with van der Waals surface area (Å²) < 4.78 is 13.2. The molecule has 0 bridgehead atoms. The number of aromatic nitrogens is 1. The van der Waals surface area contributed by atoms with Crippen molar-refractivity contribution >= 4 is 5.69 Å². The molecule has 2 aromatic rings. The monoisotopic (exact) mass is 216 g/mol. The minimum absolute atomic E-state index is 0.276. The van der Waals surface area contributed by atoms with E-state index in [4.69, 9.17) is 5.73 Å². The molecule has 0 saturated heterocycles. The van der Waals surface area contributed by atoms with E-state index in [1.54, 1.807) is 12.3 Å². The first-order valence-corrected chi connectivity index (χ1v) is 5.06. The molecule has 2 N–H and O–H groups in total. The van der Waals surface area contributed by atoms with Crippen LogP contribution in [0, 0.1) is 19.7 Å². The van der Waals surface area contributed by atoms with Gasteiger partial charge in [-0.2, -0.15) is 0 Å². The van der Waals surface area contributed by atoms with Crippen LogP contribution in [0.2, 0.25) is 0 Å². The fourth-order valence-corrected chi connectivity index (χ4v) is 1.67. The lowest BCUT2D eigenvalue weighted by molar-refractivity contribution is 0.628. The molecule has 0 atom stereocenters. The van der Waals surface area contributed by atoms with Crippen LogP contribution in [0.25, 0.3) is 11.3 Å². The third-order valence-electron chi connectivity index (χ3n) is 2.51. The molecule has 1 heterocycles. The van der Waals surface area contributed by atoms with Crippen molar-refractivity contribution in [1.29, 1.82) is 0 Å². The average molecular weight is 216 g/mol. The Bertz CT molecular complexity index is 535. The van der Waals surface area contributed by atoms with E-state index in [1.165, 1.54) is 12.1 Å². The second kappa shape index (κ2) is 3.93. The molecule has 0 saturated carbocycles. The number of nitrogens with two attached hydrogens (primary N) is 1. The number of nitrogens with zero attached hydrogens (tertiary/aromatic N) is 1. The highest BCUT2D eigenvalue weighted by Crippen LogP contribution is 2.27. The predicted molar refractivity (Wildman–Crippen MR) is 63.5 cm³/mol. The van der Waals surface area contributed by atoms with E-state index in [-0.39, 0.29) is 5.82 Å². The highest BCUT2D eigenvalue weighted by atomic mass is 19.1. The Labute approximate surface area is 93.9 Å². The SMILES string of the molecule is Cc1cnc(-c2cc(F)ccc2C)c(N)c1. The van der Waals surface area contributed by atoms with E-state index in [0.29, 0.717) is 11.4 Å². The predicted octanol–water partition coefficient (Wildman–Crippen LogP) is 3.09. The summed E-state index contributed by atoms with van der Waals surface area (Å²) in [5.74, 6) is -0.276. The lowest BCUT2D eigenvalue weighted by Gasteiger charge is -2.08. The number of rotatable bonds is 1. The van der Waals surface area contributed by atoms with Crippen LogP contribution in [0.4, 0.5) is 10.1 Å². The molecule has 3 heteroatoms. The molecule has 0 unspecified atom stereocenters. The average Bonchev–Trinajstić information content (AvgIpc) is 2.22. The van der Waals surface area contributed by atoms with E-state index >= 15 is 0 Å². The molecule has 0 aliphatic rings. The summed E-state index contributed by atoms with van der Waals surface area (Å²) in [4.78, 5) is 4.26. The van der Waals surface area contributed by atoms with Crippen LogP contribution in [0.15, 0.2) is 30.5 Å². The zero-order chi connectivity index (χ0) is 11.7. The summed E-state index contributed by atoms with van der Waals surface area (Å²) in [6.07, 6.45) is 1.73. The number of hydrogen-bond donors (Lipinski definition) is 1. The fraction of sp³-hybridized carbons (Fsp3) is 0.154. The van der Waals surface area contributed by atoms with Crippen molar-refractivity contribution in [3.8, 4) is 11.3 Å². The second-order valence-electron chi connectivity index (χ2n) is 3.91. The van der Waals surface area contributed by atoms with E-state index in [0.717, 1.165) is 16.7 Å². The molecule has 0 aliphatic heterocycles. The van der Waals surface area contributed by atoms with Crippen molar-refractivity contribution in [2.24, 2.45) is 0 Å². The molecule has 1 aromatic heterocycles. The number of benzene rings is 1. The normalized spacial score (nSPS) is 10.4. The molecule has 1 aromatic carbocycles. The fourth-order valence-electron chi connectivity index (χ4n) is 1.67. The van der Waals surface area contributed by atoms with Gasteiger partial charge in [-0.25, -0.2) is 4.39 Å². The standard InChI is InChI=1S/C13H13FN2/c1-8-5-12(15)13(16-7-8)11-6-10(14)4-3-9(11)2/h3-7H,15H2,1-2H3. The number of anilines is 1. The summed E-state index contributed by atoms with van der Waals surface area (Å²) in [6, 6.07) is 6.46. The summed E-state index contributed by atoms with van der Waals surface area (Å²) in [5.41, 5.74) is 9.81. The third kappa shape index (κ3) is 1.89. The third-order valence-corrected chi connectivity index (χ3v) is 2.51. The summed E-state index contributed by atoms with van der Waals surface area (Å²) >= 11 is 0. The van der Waals surface area contributed by atoms with Crippen molar-refractivity contribution in [3.05, 3.63) is 47.4 Å². The van der Waals surface area contributed by atoms with Gasteiger partial charge in [0, 0.05) is 11.8 Å². The van der Waals surface area contributed by atoms with Gasteiger partial charge in [-0.15, -0.1) is 0 Å². The molecule has 2 rings (SSSR count). The molecule has 0 spiro atoms. The van der Waals surface area contributed by atoms with Crippen LogP contribution < -0.4 is 5.73 Å². The first-order valence-electron chi connectivity index (χ1n) is 5.06. The van der Waals surface area contributed by atoms with E-state index < -0.39 is 0 Å². The van der Waals surface area contributed by atoms with E-state index in [2.05, 4.69) is 4.98 Å². The van der Waals surface area contributed by atoms with Crippen LogP contribution in [0.1, 0.15) is 11.1 Å². The first-order chi connectivity index (χ1) is 7.58. The Morgan fingerprint density at radius 1 is 1.19 bits per heavy atom. The van der Waals surface area contributed by atoms with Crippen molar-refractivity contribution in [1.82, 2.24) is 4.98 Å². The maximum Gasteiger partial charge on any atom is 0.123 e. The van der Waals surface area contributed by atoms with Crippen molar-refractivity contribution in [2.45, 2.75) is 13.8 Å². The summed E-state index contributed by atoms with van der Waals surface area (Å²) in [6.45, 7) is 3.83. The van der Waals surface area contributed by atoms with Gasteiger partial charge in [-0.05, 0) is 43.2 Å². The van der Waals surface area contributed by atoms with Gasteiger partial charge in [0.25, 0.3) is 0 Å². The second-order valence-corrected chi connectivity index (χ2v) is 3.91. The Kier molecular flexibility index (Phi) is 2.60. The van der Waals surface area contributed by atoms with Gasteiger partial charge in [-0.1, -0.05) is 6.07 Å². The zero-order valence-electron chi connectivity index (χ0n) is 9.29. The molecule has 2 nitrogen and oxygen atoms in total. The Morgan fingerprint density at radius 3 is 2.62 bits per heavy atom. The highest BCUT2D eigenvalue weighted by Gasteiger charge is 2.08. The number of halogens is 1. The number of pyridine rings is 1. The molecule has 0 aliphatic carbocycles. The quantitative estimate of drug-likeness (QED) is 0.795. The molecule has 16 heavy (non-hydrogen) atoms. The van der Waals surface area contributed by atoms with Gasteiger partial charge in [0.05, 0.1) is 11.4 Å². The minimum Gasteiger partial charge on any atom is -0.397 e. The lowest BCUT2D eigenvalue weighted by Crippen LogP contribution is -1.96. The van der Waals surface area contributed by atoms with Crippen molar-refractivity contribution < 1.29 is 4.39 Å². The van der Waals surface area contributed by atoms with Crippen LogP contribution in [0.3, 0.4) is 0 Å². The Hall–Kier alpha value is -1.90. The van der Waals surface area contributed by atoms with Gasteiger partial charge in [0.2, 0.25) is 0 Å². The molecule has 0 radical (unpaired) electrons. The zero-order valence-corrected chi connectivity index (χ0v) is 9.29. The molecular formula is C13H13FN2. The molecule has 0 amide bonds. The van der Waals surface area contributed by atoms with E-state index in [9.17, 15) is 4.39 Å². The maximum absolute atomic E-state index is 13.2. The molecule has 0 fully saturated rings. The first kappa shape index (κ1) is 10.6. The molecule has 82 valence electrons. The van der Waals surface area contributed by atoms with Gasteiger partial charge in [0.15, 0.2) is 0 Å². The van der Waals surface area contributed by atoms with Gasteiger partial charge in [-0.3, -0.25) is 4.98 Å². The van der Waals surface area contributed by atoms with Crippen molar-refractivity contribution in [2.75, 3.05) is 5.73 Å². The number of nitrogen functional groups attached to an aromatic ring is 1. The number of aryl methyl sites for hydroxylation is 2. The van der Waals surface area contributed by atoms with E-state index in [1.807, 2.05) is 19.9 Å². The summed E-state index contributed by atoms with van der Waals surface area (Å²) in [5, 5.41) is 0. The molecular weight excluding hydrogens is 203 g/mol. The van der Waals surface area contributed by atoms with Crippen LogP contribution in [0.5, 0.6) is 0 Å². The van der Waals surface area contributed by atoms with Crippen molar-refractivity contribution in [3.63, 3.8) is 0 Å². The largest absolute Gasteiger partial charge is 0.397 e. The van der Waals surface area contributed by atoms with Gasteiger partial charge in [0.1, 0.15) is 5.82 Å². The van der Waals surface area contributed by atoms with Gasteiger partial charge < -0.3 is 5.73 Å². The highest BCUT2D eigenvalue weighted by molar-refractivity contribution is 5.75. The van der Waals surface area contributed by atoms with Crippen LogP contribution >= 0.6 is 0 Å². The van der Waals surface area contributed by atoms with Crippen LogP contribution in [-0.2, 0) is 0 Å². The Morgan fingerprint density at radius 2 is 1.94 bits per heavy atom. The van der Waals surface area contributed by atoms with Crippen LogP contribution in [-0.4, -0.2) is 4.98 Å². The van der Waals surface area contributed by atoms with Gasteiger partial charge >= 0.3 is 0 Å². The smallest absolute Gasteiger partial charge is 0.123 e. The Balaban J connectivity index is 2.62. The topological polar surface area (TPSA) is 38.9 Å². The maximum atomic E-state index is 13.2. The lowest BCUT2D eigenvalue weighted by atomic mass is 10.0. The number of hydrogen-bond acceptors (Lipinski definition) is 2. The minimum atomic E-state index is -0.276. The summed E-state index contributed by atoms with van der Waals surface area (Å²) in [7, 11) is 0.